The molecule has 4 aromatic rings. The average Bonchev–Trinajstić information content (AvgIpc) is 3.47. The van der Waals surface area contributed by atoms with Crippen LogP contribution in [0.3, 0.4) is 0 Å². The molecule has 2 aromatic heterocycles. The van der Waals surface area contributed by atoms with Crippen LogP contribution in [0.1, 0.15) is 80.1 Å². The Kier molecular flexibility index (Phi) is 5.01. The number of benzene rings is 2. The maximum atomic E-state index is 13.6. The summed E-state index contributed by atoms with van der Waals surface area (Å²) in [6.07, 6.45) is 8.01. The zero-order chi connectivity index (χ0) is 22.6. The Hall–Kier alpha value is -2.75. The summed E-state index contributed by atoms with van der Waals surface area (Å²) in [5.74, 6) is -0.780. The van der Waals surface area contributed by atoms with E-state index in [0.29, 0.717) is 18.8 Å². The molecule has 0 saturated heterocycles. The topological polar surface area (TPSA) is 26.0 Å². The zero-order valence-corrected chi connectivity index (χ0v) is 19.0. The minimum Gasteiger partial charge on any atom is -0.461 e. The van der Waals surface area contributed by atoms with E-state index in [1.54, 1.807) is 0 Å². The van der Waals surface area contributed by atoms with E-state index in [4.69, 9.17) is 9.40 Å². The van der Waals surface area contributed by atoms with Gasteiger partial charge in [0.2, 0.25) is 5.92 Å². The normalized spacial score (nSPS) is 19.6. The second-order valence-corrected chi connectivity index (χ2v) is 10.1. The molecule has 0 unspecified atom stereocenters. The third-order valence-electron chi connectivity index (χ3n) is 7.82. The third kappa shape index (κ3) is 3.84. The second-order valence-electron chi connectivity index (χ2n) is 10.1. The second kappa shape index (κ2) is 7.93. The summed E-state index contributed by atoms with van der Waals surface area (Å²) in [6.45, 7) is 2.00. The van der Waals surface area contributed by atoms with Crippen LogP contribution in [0.15, 0.2) is 53.1 Å². The van der Waals surface area contributed by atoms with E-state index in [1.165, 1.54) is 31.2 Å². The van der Waals surface area contributed by atoms with Crippen LogP contribution in [0.2, 0.25) is 0 Å². The molecule has 4 heteroatoms. The smallest absolute Gasteiger partial charge is 0.248 e. The van der Waals surface area contributed by atoms with Crippen molar-refractivity contribution in [1.29, 1.82) is 0 Å². The van der Waals surface area contributed by atoms with Crippen molar-refractivity contribution in [3.05, 3.63) is 65.5 Å². The number of nitrogens with zero attached hydrogens (tertiary/aromatic N) is 1. The Labute approximate surface area is 193 Å². The molecule has 2 aliphatic carbocycles. The molecule has 170 valence electrons. The minimum absolute atomic E-state index is 0.0128. The van der Waals surface area contributed by atoms with Crippen LogP contribution in [0.4, 0.5) is 8.78 Å². The number of aromatic nitrogens is 1. The summed E-state index contributed by atoms with van der Waals surface area (Å²) < 4.78 is 33.4. The van der Waals surface area contributed by atoms with Gasteiger partial charge in [-0.3, -0.25) is 4.98 Å². The molecule has 2 nitrogen and oxygen atoms in total. The van der Waals surface area contributed by atoms with Crippen LogP contribution in [0, 0.1) is 6.92 Å². The first-order chi connectivity index (χ1) is 16.0. The number of rotatable bonds is 3. The fourth-order valence-electron chi connectivity index (χ4n) is 6.01. The van der Waals surface area contributed by atoms with E-state index in [1.807, 2.05) is 19.2 Å². The lowest BCUT2D eigenvalue weighted by molar-refractivity contribution is -0.0382. The third-order valence-corrected chi connectivity index (χ3v) is 7.82. The summed E-state index contributed by atoms with van der Waals surface area (Å²) in [6, 6.07) is 15.2. The number of hydrogen-bond donors (Lipinski definition) is 0. The van der Waals surface area contributed by atoms with Gasteiger partial charge in [-0.15, -0.1) is 0 Å². The molecule has 0 spiro atoms. The first-order valence-corrected chi connectivity index (χ1v) is 12.3. The SMILES string of the molecule is Cc1cc2cc(C3CCCC3)cc(-c3nccc4cc(C5CCC(F)(F)CC5)ccc34)c2o1. The van der Waals surface area contributed by atoms with Gasteiger partial charge < -0.3 is 4.42 Å². The number of aryl methyl sites for hydroxylation is 1. The van der Waals surface area contributed by atoms with E-state index in [-0.39, 0.29) is 18.8 Å². The summed E-state index contributed by atoms with van der Waals surface area (Å²) >= 11 is 0. The summed E-state index contributed by atoms with van der Waals surface area (Å²) in [7, 11) is 0. The zero-order valence-electron chi connectivity index (χ0n) is 19.0. The van der Waals surface area contributed by atoms with Gasteiger partial charge in [0.1, 0.15) is 11.3 Å². The minimum atomic E-state index is -2.50. The van der Waals surface area contributed by atoms with Crippen molar-refractivity contribution in [2.45, 2.75) is 76.0 Å². The van der Waals surface area contributed by atoms with Crippen LogP contribution in [-0.2, 0) is 0 Å². The van der Waals surface area contributed by atoms with Crippen LogP contribution >= 0.6 is 0 Å². The molecular formula is C29H29F2NO. The van der Waals surface area contributed by atoms with Gasteiger partial charge in [0.05, 0.1) is 5.69 Å². The molecular weight excluding hydrogens is 416 g/mol. The largest absolute Gasteiger partial charge is 0.461 e. The molecule has 0 bridgehead atoms. The summed E-state index contributed by atoms with van der Waals surface area (Å²) in [4.78, 5) is 4.81. The van der Waals surface area contributed by atoms with Crippen LogP contribution in [-0.4, -0.2) is 10.9 Å². The van der Waals surface area contributed by atoms with Crippen molar-refractivity contribution in [1.82, 2.24) is 4.98 Å². The Morgan fingerprint density at radius 1 is 0.848 bits per heavy atom. The lowest BCUT2D eigenvalue weighted by atomic mass is 9.81. The molecule has 2 fully saturated rings. The first-order valence-electron chi connectivity index (χ1n) is 12.3. The lowest BCUT2D eigenvalue weighted by Crippen LogP contribution is -2.23. The Morgan fingerprint density at radius 2 is 1.58 bits per heavy atom. The molecule has 0 aliphatic heterocycles. The van der Waals surface area contributed by atoms with Gasteiger partial charge in [0.25, 0.3) is 0 Å². The monoisotopic (exact) mass is 445 g/mol. The van der Waals surface area contributed by atoms with Crippen molar-refractivity contribution >= 4 is 21.7 Å². The van der Waals surface area contributed by atoms with Crippen molar-refractivity contribution in [2.75, 3.05) is 0 Å². The van der Waals surface area contributed by atoms with E-state index in [2.05, 4.69) is 36.4 Å². The maximum absolute atomic E-state index is 13.6. The highest BCUT2D eigenvalue weighted by molar-refractivity contribution is 6.02. The molecule has 2 saturated carbocycles. The molecule has 0 radical (unpaired) electrons. The van der Waals surface area contributed by atoms with Gasteiger partial charge in [0, 0.05) is 35.4 Å². The van der Waals surface area contributed by atoms with Crippen molar-refractivity contribution in [3.8, 4) is 11.3 Å². The number of hydrogen-bond acceptors (Lipinski definition) is 2. The molecule has 0 N–H and O–H groups in total. The Balaban J connectivity index is 1.45. The molecule has 0 amide bonds. The fourth-order valence-corrected chi connectivity index (χ4v) is 6.01. The fraction of sp³-hybridized carbons (Fsp3) is 0.414. The number of halogens is 2. The molecule has 33 heavy (non-hydrogen) atoms. The van der Waals surface area contributed by atoms with Crippen molar-refractivity contribution < 1.29 is 13.2 Å². The number of alkyl halides is 2. The predicted molar refractivity (Wildman–Crippen MR) is 129 cm³/mol. The lowest BCUT2D eigenvalue weighted by Gasteiger charge is -2.28. The van der Waals surface area contributed by atoms with E-state index < -0.39 is 5.92 Å². The number of fused-ring (bicyclic) bond motifs is 2. The van der Waals surface area contributed by atoms with Gasteiger partial charge in [-0.1, -0.05) is 31.0 Å². The first kappa shape index (κ1) is 20.8. The highest BCUT2D eigenvalue weighted by Gasteiger charge is 2.35. The average molecular weight is 446 g/mol. The summed E-state index contributed by atoms with van der Waals surface area (Å²) in [5, 5.41) is 3.34. The maximum Gasteiger partial charge on any atom is 0.248 e. The predicted octanol–water partition coefficient (Wildman–Crippen LogP) is 8.91. The number of pyridine rings is 1. The molecule has 2 aromatic carbocycles. The molecule has 6 rings (SSSR count). The van der Waals surface area contributed by atoms with Crippen molar-refractivity contribution in [3.63, 3.8) is 0 Å². The molecule has 0 atom stereocenters. The van der Waals surface area contributed by atoms with Gasteiger partial charge in [-0.2, -0.15) is 0 Å². The van der Waals surface area contributed by atoms with Gasteiger partial charge in [-0.05, 0) is 85.2 Å². The molecule has 2 aliphatic rings. The van der Waals surface area contributed by atoms with Gasteiger partial charge in [-0.25, -0.2) is 8.78 Å². The summed E-state index contributed by atoms with van der Waals surface area (Å²) in [5.41, 5.74) is 5.43. The van der Waals surface area contributed by atoms with Crippen LogP contribution < -0.4 is 0 Å². The Morgan fingerprint density at radius 3 is 2.36 bits per heavy atom. The van der Waals surface area contributed by atoms with Crippen LogP contribution in [0.5, 0.6) is 0 Å². The standard InChI is InChI=1S/C29H29F2NO/c1-18-14-24-16-23(19-4-2-3-5-19)17-26(28(24)33-18)27-25-7-6-21(15-22(25)10-13-32-27)20-8-11-29(30,31)12-9-20/h6-7,10,13-17,19-20H,2-5,8-9,11-12H2,1H3. The van der Waals surface area contributed by atoms with Gasteiger partial charge >= 0.3 is 0 Å². The highest BCUT2D eigenvalue weighted by Crippen LogP contribution is 2.43. The molecule has 2 heterocycles. The van der Waals surface area contributed by atoms with E-state index in [9.17, 15) is 8.78 Å². The number of furan rings is 1. The van der Waals surface area contributed by atoms with Gasteiger partial charge in [0.15, 0.2) is 0 Å². The van der Waals surface area contributed by atoms with Crippen molar-refractivity contribution in [2.24, 2.45) is 0 Å². The van der Waals surface area contributed by atoms with E-state index in [0.717, 1.165) is 44.3 Å². The quantitative estimate of drug-likeness (QED) is 0.315. The Bertz CT molecular complexity index is 1320. The highest BCUT2D eigenvalue weighted by atomic mass is 19.3. The van der Waals surface area contributed by atoms with E-state index >= 15 is 0 Å². The van der Waals surface area contributed by atoms with Crippen LogP contribution in [0.25, 0.3) is 33.0 Å².